The van der Waals surface area contributed by atoms with Crippen LogP contribution in [0.15, 0.2) is 24.3 Å². The monoisotopic (exact) mass is 258 g/mol. The Kier molecular flexibility index (Phi) is 3.31. The summed E-state index contributed by atoms with van der Waals surface area (Å²) in [5.41, 5.74) is 2.55. The molecule has 1 saturated heterocycles. The van der Waals surface area contributed by atoms with Gasteiger partial charge in [0, 0.05) is 11.6 Å². The van der Waals surface area contributed by atoms with E-state index in [9.17, 15) is 4.79 Å². The van der Waals surface area contributed by atoms with Crippen LogP contribution >= 0.6 is 0 Å². The highest BCUT2D eigenvalue weighted by Crippen LogP contribution is 2.58. The number of nitrogens with one attached hydrogen (secondary N) is 2. The van der Waals surface area contributed by atoms with Crippen molar-refractivity contribution < 1.29 is 4.79 Å². The summed E-state index contributed by atoms with van der Waals surface area (Å²) in [6.07, 6.45) is 4.42. The normalized spacial score (nSPS) is 24.2. The van der Waals surface area contributed by atoms with Crippen LogP contribution in [0.25, 0.3) is 0 Å². The van der Waals surface area contributed by atoms with Crippen LogP contribution in [0.1, 0.15) is 31.7 Å². The fourth-order valence-electron chi connectivity index (χ4n) is 3.25. The van der Waals surface area contributed by atoms with Gasteiger partial charge in [0.1, 0.15) is 0 Å². The molecule has 1 aromatic rings. The first-order valence-corrected chi connectivity index (χ1v) is 7.34. The molecule has 2 aliphatic rings. The molecular formula is C16H22N2O. The number of hydrogen-bond donors (Lipinski definition) is 2. The Morgan fingerprint density at radius 1 is 1.32 bits per heavy atom. The lowest BCUT2D eigenvalue weighted by molar-refractivity contribution is -0.118. The van der Waals surface area contributed by atoms with Crippen LogP contribution in [0.5, 0.6) is 0 Å². The second kappa shape index (κ2) is 4.97. The maximum absolute atomic E-state index is 12.3. The zero-order valence-corrected chi connectivity index (χ0v) is 11.5. The summed E-state index contributed by atoms with van der Waals surface area (Å²) in [6.45, 7) is 4.27. The lowest BCUT2D eigenvalue weighted by Gasteiger charge is -2.23. The first-order valence-electron chi connectivity index (χ1n) is 7.34. The maximum Gasteiger partial charge on any atom is 0.228 e. The van der Waals surface area contributed by atoms with Crippen molar-refractivity contribution in [2.24, 2.45) is 11.3 Å². The van der Waals surface area contributed by atoms with E-state index in [-0.39, 0.29) is 11.8 Å². The van der Waals surface area contributed by atoms with Gasteiger partial charge in [0.2, 0.25) is 5.91 Å². The number of amides is 1. The molecule has 3 rings (SSSR count). The van der Waals surface area contributed by atoms with Crippen LogP contribution in [0.4, 0.5) is 5.69 Å². The molecule has 1 spiro atoms. The molecule has 1 aromatic carbocycles. The first kappa shape index (κ1) is 12.7. The van der Waals surface area contributed by atoms with E-state index in [1.54, 1.807) is 0 Å². The van der Waals surface area contributed by atoms with Crippen LogP contribution in [-0.2, 0) is 11.2 Å². The van der Waals surface area contributed by atoms with Crippen molar-refractivity contribution in [2.45, 2.75) is 32.6 Å². The minimum Gasteiger partial charge on any atom is -0.326 e. The van der Waals surface area contributed by atoms with Crippen molar-refractivity contribution in [1.82, 2.24) is 5.32 Å². The summed E-state index contributed by atoms with van der Waals surface area (Å²) in [5.74, 6) is 0.451. The number of piperidine rings is 1. The summed E-state index contributed by atoms with van der Waals surface area (Å²) in [7, 11) is 0. The van der Waals surface area contributed by atoms with Crippen molar-refractivity contribution in [2.75, 3.05) is 18.4 Å². The molecule has 1 unspecified atom stereocenters. The zero-order chi connectivity index (χ0) is 13.3. The lowest BCUT2D eigenvalue weighted by Crippen LogP contribution is -2.31. The highest BCUT2D eigenvalue weighted by molar-refractivity contribution is 5.95. The van der Waals surface area contributed by atoms with E-state index in [0.717, 1.165) is 44.5 Å². The van der Waals surface area contributed by atoms with Crippen LogP contribution in [0.2, 0.25) is 0 Å². The second-order valence-corrected chi connectivity index (χ2v) is 5.91. The first-order chi connectivity index (χ1) is 9.23. The molecule has 19 heavy (non-hydrogen) atoms. The summed E-state index contributed by atoms with van der Waals surface area (Å²) >= 11 is 0. The van der Waals surface area contributed by atoms with Crippen molar-refractivity contribution in [3.8, 4) is 0 Å². The number of aryl methyl sites for hydroxylation is 1. The van der Waals surface area contributed by atoms with Gasteiger partial charge in [-0.05, 0) is 61.9 Å². The Morgan fingerprint density at radius 3 is 2.63 bits per heavy atom. The molecule has 2 N–H and O–H groups in total. The average Bonchev–Trinajstić information content (AvgIpc) is 3.14. The van der Waals surface area contributed by atoms with Gasteiger partial charge in [-0.25, -0.2) is 0 Å². The molecule has 0 radical (unpaired) electrons. The number of rotatable bonds is 3. The van der Waals surface area contributed by atoms with Crippen molar-refractivity contribution in [1.29, 1.82) is 0 Å². The van der Waals surface area contributed by atoms with E-state index in [2.05, 4.69) is 29.7 Å². The van der Waals surface area contributed by atoms with Gasteiger partial charge >= 0.3 is 0 Å². The molecule has 1 aliphatic carbocycles. The van der Waals surface area contributed by atoms with E-state index in [1.165, 1.54) is 5.56 Å². The van der Waals surface area contributed by atoms with Crippen LogP contribution < -0.4 is 10.6 Å². The number of carbonyl (C=O) groups is 1. The van der Waals surface area contributed by atoms with E-state index in [1.807, 2.05) is 12.1 Å². The molecule has 1 amide bonds. The van der Waals surface area contributed by atoms with Gasteiger partial charge < -0.3 is 10.6 Å². The van der Waals surface area contributed by atoms with Gasteiger partial charge in [-0.3, -0.25) is 4.79 Å². The lowest BCUT2D eigenvalue weighted by atomic mass is 9.92. The number of hydrogen-bond acceptors (Lipinski definition) is 2. The predicted molar refractivity (Wildman–Crippen MR) is 77.1 cm³/mol. The van der Waals surface area contributed by atoms with Crippen LogP contribution in [-0.4, -0.2) is 19.0 Å². The predicted octanol–water partition coefficient (Wildman–Crippen LogP) is 2.58. The van der Waals surface area contributed by atoms with Crippen LogP contribution in [0, 0.1) is 11.3 Å². The van der Waals surface area contributed by atoms with Gasteiger partial charge in [-0.1, -0.05) is 19.1 Å². The molecule has 3 heteroatoms. The van der Waals surface area contributed by atoms with Gasteiger partial charge in [0.15, 0.2) is 0 Å². The highest BCUT2D eigenvalue weighted by atomic mass is 16.2. The minimum absolute atomic E-state index is 0.214. The molecule has 0 bridgehead atoms. The Hall–Kier alpha value is -1.35. The number of carbonyl (C=O) groups excluding carboxylic acids is 1. The molecular weight excluding hydrogens is 236 g/mol. The molecule has 3 nitrogen and oxygen atoms in total. The molecule has 1 saturated carbocycles. The highest BCUT2D eigenvalue weighted by Gasteiger charge is 2.57. The van der Waals surface area contributed by atoms with Crippen molar-refractivity contribution >= 4 is 11.6 Å². The van der Waals surface area contributed by atoms with E-state index >= 15 is 0 Å². The van der Waals surface area contributed by atoms with E-state index < -0.39 is 0 Å². The topological polar surface area (TPSA) is 41.1 Å². The summed E-state index contributed by atoms with van der Waals surface area (Å²) in [5, 5.41) is 6.44. The fraction of sp³-hybridized carbons (Fsp3) is 0.562. The molecule has 1 atom stereocenters. The van der Waals surface area contributed by atoms with Gasteiger partial charge in [-0.2, -0.15) is 0 Å². The minimum atomic E-state index is 0.214. The smallest absolute Gasteiger partial charge is 0.228 e. The van der Waals surface area contributed by atoms with Gasteiger partial charge in [0.05, 0.1) is 0 Å². The molecule has 0 aromatic heterocycles. The Labute approximate surface area is 114 Å². The van der Waals surface area contributed by atoms with E-state index in [0.29, 0.717) is 5.41 Å². The summed E-state index contributed by atoms with van der Waals surface area (Å²) in [6, 6.07) is 8.19. The Bertz CT molecular complexity index is 460. The van der Waals surface area contributed by atoms with Gasteiger partial charge in [-0.15, -0.1) is 0 Å². The standard InChI is InChI=1S/C16H22N2O/c1-2-12-3-5-13(6-4-12)18-15(19)14-11-16(14)7-9-17-10-8-16/h3-6,14,17H,2,7-11H2,1H3,(H,18,19). The van der Waals surface area contributed by atoms with Crippen LogP contribution in [0.3, 0.4) is 0 Å². The maximum atomic E-state index is 12.3. The molecule has 1 aliphatic heterocycles. The zero-order valence-electron chi connectivity index (χ0n) is 11.5. The number of anilines is 1. The second-order valence-electron chi connectivity index (χ2n) is 5.91. The Morgan fingerprint density at radius 2 is 2.00 bits per heavy atom. The third kappa shape index (κ3) is 2.52. The summed E-state index contributed by atoms with van der Waals surface area (Å²) < 4.78 is 0. The molecule has 1 heterocycles. The van der Waals surface area contributed by atoms with E-state index in [4.69, 9.17) is 0 Å². The summed E-state index contributed by atoms with van der Waals surface area (Å²) in [4.78, 5) is 12.3. The quantitative estimate of drug-likeness (QED) is 0.875. The Balaban J connectivity index is 1.59. The largest absolute Gasteiger partial charge is 0.326 e. The number of benzene rings is 1. The van der Waals surface area contributed by atoms with Gasteiger partial charge in [0.25, 0.3) is 0 Å². The average molecular weight is 258 g/mol. The molecule has 2 fully saturated rings. The third-order valence-electron chi connectivity index (χ3n) is 4.74. The molecule has 102 valence electrons. The third-order valence-corrected chi connectivity index (χ3v) is 4.74. The fourth-order valence-corrected chi connectivity index (χ4v) is 3.25. The SMILES string of the molecule is CCc1ccc(NC(=O)C2CC23CCNCC3)cc1. The van der Waals surface area contributed by atoms with Crippen molar-refractivity contribution in [3.63, 3.8) is 0 Å². The van der Waals surface area contributed by atoms with Crippen molar-refractivity contribution in [3.05, 3.63) is 29.8 Å².